The predicted octanol–water partition coefficient (Wildman–Crippen LogP) is 3.98. The van der Waals surface area contributed by atoms with Gasteiger partial charge in [-0.2, -0.15) is 18.4 Å². The number of benzene rings is 1. The highest BCUT2D eigenvalue weighted by atomic mass is 19.4. The first kappa shape index (κ1) is 28.7. The number of alkyl halides is 3. The molecule has 0 radical (unpaired) electrons. The highest BCUT2D eigenvalue weighted by Crippen LogP contribution is 2.42. The van der Waals surface area contributed by atoms with Gasteiger partial charge in [-0.1, -0.05) is 12.6 Å². The van der Waals surface area contributed by atoms with Gasteiger partial charge in [0.2, 0.25) is 11.8 Å². The molecule has 0 unspecified atom stereocenters. The minimum absolute atomic E-state index is 0.0767. The van der Waals surface area contributed by atoms with Crippen LogP contribution in [-0.2, 0) is 23.9 Å². The third-order valence-corrected chi connectivity index (χ3v) is 8.18. The average Bonchev–Trinajstić information content (AvgIpc) is 3.38. The first-order valence-corrected chi connectivity index (χ1v) is 13.7. The Balaban J connectivity index is 1.53. The summed E-state index contributed by atoms with van der Waals surface area (Å²) < 4.78 is 62.5. The van der Waals surface area contributed by atoms with Crippen LogP contribution in [0.2, 0.25) is 0 Å². The summed E-state index contributed by atoms with van der Waals surface area (Å²) in [6.45, 7) is 6.58. The number of pyridine rings is 1. The molecular weight excluding hydrogens is 540 g/mol. The minimum atomic E-state index is -4.73. The molecule has 3 aliphatic heterocycles. The Morgan fingerprint density at radius 1 is 1.17 bits per heavy atom. The van der Waals surface area contributed by atoms with Crippen LogP contribution in [0.3, 0.4) is 0 Å². The van der Waals surface area contributed by atoms with Crippen LogP contribution in [0.25, 0.3) is 0 Å². The fourth-order valence-electron chi connectivity index (χ4n) is 5.99. The number of likely N-dealkylation sites (N-methyl/N-ethyl adjacent to an activating group) is 1. The standard InChI is InChI=1S/C29H32F4N6O2/c1-3-25(40)37-12-14-38(15-13-37)26-20-9-11-39(27-22(29(31,32)33)7-4-8-23(27)30)17-24(20)35-28(21(26)16-34)41-18-19-6-5-10-36(19)2/h3-4,7-8,19H,1,5-6,9-15,17-18H2,2H3/t19-/m0/s1. The number of halogens is 4. The topological polar surface area (TPSA) is 75.9 Å². The highest BCUT2D eigenvalue weighted by Gasteiger charge is 2.38. The van der Waals surface area contributed by atoms with Crippen LogP contribution in [0.5, 0.6) is 5.88 Å². The van der Waals surface area contributed by atoms with Gasteiger partial charge in [0.25, 0.3) is 0 Å². The molecule has 2 saturated heterocycles. The number of carbonyl (C=O) groups is 1. The van der Waals surface area contributed by atoms with Gasteiger partial charge in [0.05, 0.1) is 29.2 Å². The molecule has 5 rings (SSSR count). The molecule has 2 fully saturated rings. The van der Waals surface area contributed by atoms with E-state index >= 15 is 0 Å². The summed E-state index contributed by atoms with van der Waals surface area (Å²) in [5, 5.41) is 10.3. The van der Waals surface area contributed by atoms with Crippen molar-refractivity contribution in [1.82, 2.24) is 14.8 Å². The van der Waals surface area contributed by atoms with Gasteiger partial charge in [0.1, 0.15) is 24.1 Å². The zero-order chi connectivity index (χ0) is 29.3. The second kappa shape index (κ2) is 11.6. The van der Waals surface area contributed by atoms with Crippen LogP contribution in [-0.4, -0.2) is 79.7 Å². The maximum absolute atomic E-state index is 14.9. The lowest BCUT2D eigenvalue weighted by molar-refractivity contribution is -0.137. The van der Waals surface area contributed by atoms with Crippen molar-refractivity contribution in [2.24, 2.45) is 0 Å². The van der Waals surface area contributed by atoms with Crippen LogP contribution in [0.15, 0.2) is 30.9 Å². The van der Waals surface area contributed by atoms with E-state index in [4.69, 9.17) is 4.74 Å². The SMILES string of the molecule is C=CC(=O)N1CCN(c2c(C#N)c(OC[C@@H]3CCCN3C)nc3c2CCN(c2c(F)cccc2C(F)(F)F)C3)CC1. The average molecular weight is 573 g/mol. The normalized spacial score (nSPS) is 19.6. The Hall–Kier alpha value is -3.85. The number of carbonyl (C=O) groups excluding carboxylic acids is 1. The van der Waals surface area contributed by atoms with Crippen molar-refractivity contribution in [3.63, 3.8) is 0 Å². The third kappa shape index (κ3) is 5.68. The van der Waals surface area contributed by atoms with E-state index in [-0.39, 0.29) is 42.9 Å². The molecule has 4 heterocycles. The van der Waals surface area contributed by atoms with Gasteiger partial charge >= 0.3 is 6.18 Å². The second-order valence-electron chi connectivity index (χ2n) is 10.6. The van der Waals surface area contributed by atoms with Gasteiger partial charge in [-0.15, -0.1) is 0 Å². The van der Waals surface area contributed by atoms with E-state index in [0.717, 1.165) is 43.1 Å². The molecule has 0 spiro atoms. The number of nitrogens with zero attached hydrogens (tertiary/aromatic N) is 6. The summed E-state index contributed by atoms with van der Waals surface area (Å²) in [6.07, 6.45) is -1.23. The Labute approximate surface area is 236 Å². The lowest BCUT2D eigenvalue weighted by atomic mass is 9.97. The zero-order valence-electron chi connectivity index (χ0n) is 22.9. The van der Waals surface area contributed by atoms with E-state index in [1.54, 1.807) is 4.90 Å². The van der Waals surface area contributed by atoms with Crippen LogP contribution in [0.1, 0.15) is 35.2 Å². The Bertz CT molecular complexity index is 1370. The largest absolute Gasteiger partial charge is 0.475 e. The fraction of sp³-hybridized carbons (Fsp3) is 0.483. The number of ether oxygens (including phenoxy) is 1. The first-order chi connectivity index (χ1) is 19.6. The number of piperazine rings is 1. The van der Waals surface area contributed by atoms with Crippen molar-refractivity contribution in [3.05, 3.63) is 59.1 Å². The molecule has 0 aliphatic carbocycles. The summed E-state index contributed by atoms with van der Waals surface area (Å²) in [7, 11) is 2.01. The monoisotopic (exact) mass is 572 g/mol. The summed E-state index contributed by atoms with van der Waals surface area (Å²) >= 11 is 0. The molecule has 12 heteroatoms. The van der Waals surface area contributed by atoms with Crippen molar-refractivity contribution in [2.75, 3.05) is 62.7 Å². The van der Waals surface area contributed by atoms with Crippen LogP contribution >= 0.6 is 0 Å². The van der Waals surface area contributed by atoms with Crippen molar-refractivity contribution in [1.29, 1.82) is 5.26 Å². The van der Waals surface area contributed by atoms with Gasteiger partial charge in [-0.05, 0) is 51.1 Å². The number of rotatable bonds is 6. The molecular formula is C29H32F4N6O2. The van der Waals surface area contributed by atoms with E-state index < -0.39 is 23.2 Å². The Kier molecular flexibility index (Phi) is 8.09. The molecule has 218 valence electrons. The molecule has 1 aromatic heterocycles. The summed E-state index contributed by atoms with van der Waals surface area (Å²) in [4.78, 5) is 24.0. The summed E-state index contributed by atoms with van der Waals surface area (Å²) in [6, 6.07) is 5.37. The maximum Gasteiger partial charge on any atom is 0.418 e. The van der Waals surface area contributed by atoms with Gasteiger partial charge in [0.15, 0.2) is 0 Å². The smallest absolute Gasteiger partial charge is 0.418 e. The Morgan fingerprint density at radius 2 is 1.93 bits per heavy atom. The maximum atomic E-state index is 14.9. The lowest BCUT2D eigenvalue weighted by Gasteiger charge is -2.39. The number of likely N-dealkylation sites (tertiary alicyclic amines) is 1. The van der Waals surface area contributed by atoms with Gasteiger partial charge in [0, 0.05) is 44.3 Å². The molecule has 41 heavy (non-hydrogen) atoms. The van der Waals surface area contributed by atoms with E-state index in [0.29, 0.717) is 44.2 Å². The number of hydrogen-bond acceptors (Lipinski definition) is 7. The van der Waals surface area contributed by atoms with E-state index in [2.05, 4.69) is 22.5 Å². The molecule has 8 nitrogen and oxygen atoms in total. The lowest BCUT2D eigenvalue weighted by Crippen LogP contribution is -2.49. The number of anilines is 2. The molecule has 2 aromatic rings. The van der Waals surface area contributed by atoms with E-state index in [1.165, 1.54) is 11.0 Å². The third-order valence-electron chi connectivity index (χ3n) is 8.18. The fourth-order valence-corrected chi connectivity index (χ4v) is 5.99. The summed E-state index contributed by atoms with van der Waals surface area (Å²) in [5.41, 5.74) is 0.520. The van der Waals surface area contributed by atoms with Gasteiger partial charge in [-0.3, -0.25) is 4.79 Å². The number of para-hydroxylation sites is 1. The van der Waals surface area contributed by atoms with Crippen LogP contribution < -0.4 is 14.5 Å². The van der Waals surface area contributed by atoms with Gasteiger partial charge in [-0.25, -0.2) is 9.37 Å². The quantitative estimate of drug-likeness (QED) is 0.383. The summed E-state index contributed by atoms with van der Waals surface area (Å²) in [5.74, 6) is -1.01. The van der Waals surface area contributed by atoms with Crippen molar-refractivity contribution in [3.8, 4) is 11.9 Å². The first-order valence-electron chi connectivity index (χ1n) is 13.7. The molecule has 0 bridgehead atoms. The van der Waals surface area contributed by atoms with Gasteiger partial charge < -0.3 is 24.3 Å². The Morgan fingerprint density at radius 3 is 2.56 bits per heavy atom. The van der Waals surface area contributed by atoms with E-state index in [1.807, 2.05) is 11.9 Å². The van der Waals surface area contributed by atoms with E-state index in [9.17, 15) is 27.6 Å². The molecule has 0 saturated carbocycles. The number of aromatic nitrogens is 1. The number of amides is 1. The number of nitriles is 1. The van der Waals surface area contributed by atoms with Crippen LogP contribution in [0, 0.1) is 17.1 Å². The molecule has 1 aromatic carbocycles. The van der Waals surface area contributed by atoms with Crippen molar-refractivity contribution >= 4 is 17.3 Å². The molecule has 1 atom stereocenters. The molecule has 0 N–H and O–H groups in total. The highest BCUT2D eigenvalue weighted by molar-refractivity contribution is 5.87. The van der Waals surface area contributed by atoms with Crippen molar-refractivity contribution in [2.45, 2.75) is 38.0 Å². The zero-order valence-corrected chi connectivity index (χ0v) is 22.9. The molecule has 1 amide bonds. The van der Waals surface area contributed by atoms with Crippen LogP contribution in [0.4, 0.5) is 28.9 Å². The molecule has 3 aliphatic rings. The second-order valence-corrected chi connectivity index (χ2v) is 10.6. The van der Waals surface area contributed by atoms with Crippen molar-refractivity contribution < 1.29 is 27.1 Å². The number of hydrogen-bond donors (Lipinski definition) is 0. The minimum Gasteiger partial charge on any atom is -0.475 e. The number of fused-ring (bicyclic) bond motifs is 1. The predicted molar refractivity (Wildman–Crippen MR) is 145 cm³/mol.